The van der Waals surface area contributed by atoms with Crippen molar-refractivity contribution in [3.63, 3.8) is 0 Å². The molecule has 2 aliphatic rings. The highest BCUT2D eigenvalue weighted by Gasteiger charge is 2.30. The third-order valence-electron chi connectivity index (χ3n) is 5.32. The Morgan fingerprint density at radius 1 is 1.32 bits per heavy atom. The number of rotatable bonds is 3. The van der Waals surface area contributed by atoms with Crippen LogP contribution in [-0.4, -0.2) is 56.3 Å². The first kappa shape index (κ1) is 16.4. The van der Waals surface area contributed by atoms with E-state index < -0.39 is 0 Å². The van der Waals surface area contributed by atoms with Gasteiger partial charge in [-0.15, -0.1) is 0 Å². The zero-order valence-electron chi connectivity index (χ0n) is 14.5. The fraction of sp³-hybridized carbons (Fsp3) is 0.556. The molecule has 2 aromatic rings. The summed E-state index contributed by atoms with van der Waals surface area (Å²) in [5, 5.41) is 13.6. The van der Waals surface area contributed by atoms with Gasteiger partial charge in [-0.25, -0.2) is 0 Å². The average Bonchev–Trinajstić information content (AvgIpc) is 3.26. The molecule has 25 heavy (non-hydrogen) atoms. The van der Waals surface area contributed by atoms with E-state index in [0.29, 0.717) is 24.5 Å². The van der Waals surface area contributed by atoms with Crippen molar-refractivity contribution in [2.45, 2.75) is 45.0 Å². The first-order valence-electron chi connectivity index (χ1n) is 8.94. The Labute approximate surface area is 146 Å². The summed E-state index contributed by atoms with van der Waals surface area (Å²) in [5.74, 6) is 0.622. The predicted octanol–water partition coefficient (Wildman–Crippen LogP) is 1.65. The molecule has 0 bridgehead atoms. The minimum absolute atomic E-state index is 0.0278. The predicted molar refractivity (Wildman–Crippen MR) is 90.9 cm³/mol. The molecule has 0 aromatic carbocycles. The van der Waals surface area contributed by atoms with Crippen molar-refractivity contribution in [1.82, 2.24) is 19.5 Å². The Kier molecular flexibility index (Phi) is 4.35. The van der Waals surface area contributed by atoms with Crippen molar-refractivity contribution in [3.05, 3.63) is 41.5 Å². The monoisotopic (exact) mass is 344 g/mol. The van der Waals surface area contributed by atoms with E-state index in [2.05, 4.69) is 26.9 Å². The molecule has 1 saturated heterocycles. The molecule has 1 N–H and O–H groups in total. The van der Waals surface area contributed by atoms with Gasteiger partial charge in [0.2, 0.25) is 0 Å². The molecule has 0 saturated carbocycles. The lowest BCUT2D eigenvalue weighted by atomic mass is 10.1. The van der Waals surface area contributed by atoms with E-state index in [1.165, 1.54) is 0 Å². The van der Waals surface area contributed by atoms with Gasteiger partial charge >= 0.3 is 0 Å². The van der Waals surface area contributed by atoms with Gasteiger partial charge in [-0.2, -0.15) is 0 Å². The Morgan fingerprint density at radius 3 is 2.92 bits per heavy atom. The van der Waals surface area contributed by atoms with Gasteiger partial charge in [0.15, 0.2) is 11.5 Å². The topological polar surface area (TPSA) is 74.7 Å². The highest BCUT2D eigenvalue weighted by molar-refractivity contribution is 5.92. The number of hydrogen-bond acceptors (Lipinski definition) is 5. The maximum absolute atomic E-state index is 12.8. The molecule has 0 radical (unpaired) electrons. The molecule has 134 valence electrons. The van der Waals surface area contributed by atoms with Crippen LogP contribution in [-0.2, 0) is 13.1 Å². The van der Waals surface area contributed by atoms with Gasteiger partial charge in [0, 0.05) is 44.1 Å². The molecular weight excluding hydrogens is 320 g/mol. The maximum Gasteiger partial charge on any atom is 0.276 e. The number of fused-ring (bicyclic) bond motifs is 1. The number of aliphatic hydroxyl groups excluding tert-OH is 1. The lowest BCUT2D eigenvalue weighted by molar-refractivity contribution is 0.0632. The third kappa shape index (κ3) is 3.21. The van der Waals surface area contributed by atoms with Crippen molar-refractivity contribution < 1.29 is 14.4 Å². The fourth-order valence-electron chi connectivity index (χ4n) is 3.79. The second-order valence-corrected chi connectivity index (χ2v) is 6.99. The summed E-state index contributed by atoms with van der Waals surface area (Å²) in [7, 11) is 0. The number of amides is 1. The summed E-state index contributed by atoms with van der Waals surface area (Å²) in [6.45, 7) is 5.83. The molecule has 2 aromatic heterocycles. The Morgan fingerprint density at radius 2 is 2.12 bits per heavy atom. The highest BCUT2D eigenvalue weighted by atomic mass is 16.5. The zero-order valence-corrected chi connectivity index (χ0v) is 14.5. The van der Waals surface area contributed by atoms with E-state index in [1.54, 1.807) is 6.07 Å². The fourth-order valence-corrected chi connectivity index (χ4v) is 3.79. The molecule has 7 nitrogen and oxygen atoms in total. The molecule has 1 atom stereocenters. The van der Waals surface area contributed by atoms with Crippen LogP contribution in [0.2, 0.25) is 0 Å². The number of hydrogen-bond donors (Lipinski definition) is 1. The van der Waals surface area contributed by atoms with Crippen molar-refractivity contribution in [2.24, 2.45) is 0 Å². The van der Waals surface area contributed by atoms with Gasteiger partial charge in [-0.1, -0.05) is 5.16 Å². The molecule has 0 unspecified atom stereocenters. The lowest BCUT2D eigenvalue weighted by Crippen LogP contribution is -2.40. The van der Waals surface area contributed by atoms with E-state index in [4.69, 9.17) is 4.52 Å². The molecule has 4 heterocycles. The number of nitrogens with zero attached hydrogens (tertiary/aromatic N) is 4. The molecular formula is C18H24N4O3. The molecule has 7 heteroatoms. The zero-order chi connectivity index (χ0) is 17.4. The van der Waals surface area contributed by atoms with Crippen molar-refractivity contribution >= 4 is 5.91 Å². The SMILES string of the molecule is C[C@@H]1c2cccn2CCN1C(=O)c1cc(CN2CCC(O)CC2)on1. The summed E-state index contributed by atoms with van der Waals surface area (Å²) in [5.41, 5.74) is 1.52. The third-order valence-corrected chi connectivity index (χ3v) is 5.32. The molecule has 4 rings (SSSR count). The van der Waals surface area contributed by atoms with Crippen LogP contribution in [0.15, 0.2) is 28.9 Å². The first-order chi connectivity index (χ1) is 12.1. The van der Waals surface area contributed by atoms with E-state index in [-0.39, 0.29) is 18.1 Å². The van der Waals surface area contributed by atoms with Crippen LogP contribution in [0, 0.1) is 0 Å². The van der Waals surface area contributed by atoms with Crippen LogP contribution in [0.4, 0.5) is 0 Å². The molecule has 0 spiro atoms. The standard InChI is InChI=1S/C18H24N4O3/c1-13-17-3-2-6-21(17)9-10-22(13)18(24)16-11-15(25-19-16)12-20-7-4-14(23)5-8-20/h2-3,6,11,13-14,23H,4-5,7-10,12H2,1H3/t13-/m1/s1. The van der Waals surface area contributed by atoms with Crippen LogP contribution in [0.25, 0.3) is 0 Å². The number of likely N-dealkylation sites (tertiary alicyclic amines) is 1. The maximum atomic E-state index is 12.8. The second-order valence-electron chi connectivity index (χ2n) is 6.99. The highest BCUT2D eigenvalue weighted by Crippen LogP contribution is 2.27. The first-order valence-corrected chi connectivity index (χ1v) is 8.94. The van der Waals surface area contributed by atoms with Gasteiger partial charge in [0.05, 0.1) is 18.7 Å². The molecule has 1 fully saturated rings. The van der Waals surface area contributed by atoms with Crippen LogP contribution >= 0.6 is 0 Å². The minimum Gasteiger partial charge on any atom is -0.393 e. The lowest BCUT2D eigenvalue weighted by Gasteiger charge is -2.34. The number of piperidine rings is 1. The van der Waals surface area contributed by atoms with Crippen LogP contribution in [0.5, 0.6) is 0 Å². The summed E-state index contributed by atoms with van der Waals surface area (Å²) >= 11 is 0. The van der Waals surface area contributed by atoms with E-state index in [0.717, 1.165) is 38.2 Å². The summed E-state index contributed by atoms with van der Waals surface area (Å²) in [6, 6.07) is 5.86. The van der Waals surface area contributed by atoms with Gasteiger partial charge in [0.25, 0.3) is 5.91 Å². The van der Waals surface area contributed by atoms with Gasteiger partial charge in [-0.3, -0.25) is 9.69 Å². The van der Waals surface area contributed by atoms with Gasteiger partial charge in [-0.05, 0) is 31.9 Å². The van der Waals surface area contributed by atoms with Crippen molar-refractivity contribution in [2.75, 3.05) is 19.6 Å². The van der Waals surface area contributed by atoms with Crippen LogP contribution in [0.1, 0.15) is 47.7 Å². The Hall–Kier alpha value is -2.12. The summed E-state index contributed by atoms with van der Waals surface area (Å²) in [4.78, 5) is 16.9. The van der Waals surface area contributed by atoms with Crippen LogP contribution < -0.4 is 0 Å². The summed E-state index contributed by atoms with van der Waals surface area (Å²) in [6.07, 6.45) is 3.43. The number of aromatic nitrogens is 2. The number of carbonyl (C=O) groups excluding carboxylic acids is 1. The Balaban J connectivity index is 1.42. The van der Waals surface area contributed by atoms with E-state index >= 15 is 0 Å². The normalized spacial score (nSPS) is 22.2. The summed E-state index contributed by atoms with van der Waals surface area (Å²) < 4.78 is 7.58. The van der Waals surface area contributed by atoms with E-state index in [9.17, 15) is 9.90 Å². The average molecular weight is 344 g/mol. The molecule has 2 aliphatic heterocycles. The molecule has 1 amide bonds. The Bertz CT molecular complexity index is 745. The second kappa shape index (κ2) is 6.65. The smallest absolute Gasteiger partial charge is 0.276 e. The molecule has 0 aliphatic carbocycles. The van der Waals surface area contributed by atoms with E-state index in [1.807, 2.05) is 17.9 Å². The number of aliphatic hydroxyl groups is 1. The number of carbonyl (C=O) groups is 1. The van der Waals surface area contributed by atoms with Crippen LogP contribution in [0.3, 0.4) is 0 Å². The van der Waals surface area contributed by atoms with Crippen molar-refractivity contribution in [1.29, 1.82) is 0 Å². The van der Waals surface area contributed by atoms with Gasteiger partial charge in [0.1, 0.15) is 0 Å². The largest absolute Gasteiger partial charge is 0.393 e. The minimum atomic E-state index is -0.192. The van der Waals surface area contributed by atoms with Crippen molar-refractivity contribution in [3.8, 4) is 0 Å². The van der Waals surface area contributed by atoms with Gasteiger partial charge < -0.3 is 19.1 Å². The quantitative estimate of drug-likeness (QED) is 0.916.